The summed E-state index contributed by atoms with van der Waals surface area (Å²) < 4.78 is 31.8. The zero-order chi connectivity index (χ0) is 23.4. The average Bonchev–Trinajstić information content (AvgIpc) is 2.83. The van der Waals surface area contributed by atoms with Crippen molar-refractivity contribution in [1.29, 1.82) is 5.41 Å². The minimum atomic E-state index is -3.98. The van der Waals surface area contributed by atoms with Crippen LogP contribution < -0.4 is 10.6 Å². The van der Waals surface area contributed by atoms with Gasteiger partial charge in [-0.15, -0.1) is 17.2 Å². The molecule has 2 aromatic rings. The fourth-order valence-electron chi connectivity index (χ4n) is 4.23. The number of morpholine rings is 1. The van der Waals surface area contributed by atoms with E-state index in [1.807, 2.05) is 24.3 Å². The summed E-state index contributed by atoms with van der Waals surface area (Å²) in [6, 6.07) is 12.1. The number of carbonyl (C=O) groups excluding carboxylic acids is 1. The molecular formula is C22H31ClN6O4S. The van der Waals surface area contributed by atoms with Crippen molar-refractivity contribution in [3.8, 4) is 0 Å². The molecule has 0 spiro atoms. The molecule has 12 heteroatoms. The molecule has 2 heterocycles. The Hall–Kier alpha value is -2.60. The van der Waals surface area contributed by atoms with Gasteiger partial charge in [-0.3, -0.25) is 5.41 Å². The number of amides is 2. The van der Waals surface area contributed by atoms with Crippen molar-refractivity contribution in [3.63, 3.8) is 0 Å². The van der Waals surface area contributed by atoms with Crippen LogP contribution in [0.25, 0.3) is 10.8 Å². The molecule has 0 aromatic heterocycles. The highest BCUT2D eigenvalue weighted by molar-refractivity contribution is 7.89. The van der Waals surface area contributed by atoms with Crippen LogP contribution >= 0.6 is 12.4 Å². The summed E-state index contributed by atoms with van der Waals surface area (Å²) >= 11 is 0. The minimum Gasteiger partial charge on any atom is -0.378 e. The number of carbonyl (C=O) groups is 1. The van der Waals surface area contributed by atoms with E-state index in [4.69, 9.17) is 15.9 Å². The third-order valence-corrected chi connectivity index (χ3v) is 7.51. The first kappa shape index (κ1) is 26.0. The molecule has 34 heavy (non-hydrogen) atoms. The minimum absolute atomic E-state index is 0. The van der Waals surface area contributed by atoms with E-state index in [1.165, 1.54) is 5.01 Å². The number of nitrogens with two attached hydrogens (primary N) is 1. The number of halogens is 1. The van der Waals surface area contributed by atoms with Gasteiger partial charge in [-0.2, -0.15) is 0 Å². The number of piperidine rings is 1. The summed E-state index contributed by atoms with van der Waals surface area (Å²) in [5, 5.41) is 10.6. The number of rotatable bonds is 5. The van der Waals surface area contributed by atoms with Crippen LogP contribution in [0, 0.1) is 11.3 Å². The maximum Gasteiger partial charge on any atom is 0.335 e. The molecule has 0 aliphatic carbocycles. The Balaban J connectivity index is 0.00000324. The fraction of sp³-hybridized carbons (Fsp3) is 0.455. The highest BCUT2D eigenvalue weighted by Crippen LogP contribution is 2.21. The van der Waals surface area contributed by atoms with Gasteiger partial charge in [0.05, 0.1) is 18.1 Å². The molecule has 2 aliphatic heterocycles. The molecule has 4 rings (SSSR count). The predicted octanol–water partition coefficient (Wildman–Crippen LogP) is 1.81. The Bertz CT molecular complexity index is 1120. The molecule has 10 nitrogen and oxygen atoms in total. The Morgan fingerprint density at radius 2 is 1.71 bits per heavy atom. The maximum absolute atomic E-state index is 13.3. The summed E-state index contributed by atoms with van der Waals surface area (Å²) in [7, 11) is -3.98. The Morgan fingerprint density at radius 1 is 1.06 bits per heavy atom. The maximum atomic E-state index is 13.3. The smallest absolute Gasteiger partial charge is 0.335 e. The number of fused-ring (bicyclic) bond motifs is 1. The highest BCUT2D eigenvalue weighted by atomic mass is 35.5. The van der Waals surface area contributed by atoms with Gasteiger partial charge in [0.2, 0.25) is 0 Å². The number of nitrogens with zero attached hydrogens (tertiary/aromatic N) is 3. The number of benzene rings is 2. The molecule has 4 N–H and O–H groups in total. The van der Waals surface area contributed by atoms with Crippen LogP contribution in [0.3, 0.4) is 0 Å². The lowest BCUT2D eigenvalue weighted by Crippen LogP contribution is -2.56. The number of hydrogen-bond acceptors (Lipinski definition) is 5. The van der Waals surface area contributed by atoms with E-state index < -0.39 is 10.0 Å². The molecule has 0 bridgehead atoms. The number of hydrogen-bond donors (Lipinski definition) is 3. The standard InChI is InChI=1S/C22H30N6O4S.ClH/c23-21(24)26-9-7-17(8-10-26)16-28(22(29)27-11-13-32-14-12-27)25-33(30,31)20-6-5-18-3-1-2-4-19(18)15-20;/h1-6,15,17,25H,7-14,16H2,(H3,23,24);1H. The van der Waals surface area contributed by atoms with Gasteiger partial charge in [0.25, 0.3) is 10.0 Å². The van der Waals surface area contributed by atoms with Gasteiger partial charge >= 0.3 is 6.03 Å². The summed E-state index contributed by atoms with van der Waals surface area (Å²) in [6.45, 7) is 3.14. The van der Waals surface area contributed by atoms with Gasteiger partial charge in [-0.05, 0) is 41.7 Å². The van der Waals surface area contributed by atoms with E-state index in [0.29, 0.717) is 52.2 Å². The molecule has 0 radical (unpaired) electrons. The number of urea groups is 1. The fourth-order valence-corrected chi connectivity index (χ4v) is 5.30. The molecule has 0 saturated carbocycles. The molecule has 0 atom stereocenters. The molecule has 2 saturated heterocycles. The van der Waals surface area contributed by atoms with Crippen molar-refractivity contribution >= 4 is 45.2 Å². The van der Waals surface area contributed by atoms with Gasteiger partial charge in [0.1, 0.15) is 0 Å². The van der Waals surface area contributed by atoms with Crippen LogP contribution in [-0.4, -0.2) is 81.2 Å². The predicted molar refractivity (Wildman–Crippen MR) is 132 cm³/mol. The summed E-state index contributed by atoms with van der Waals surface area (Å²) in [5.41, 5.74) is 5.58. The lowest BCUT2D eigenvalue weighted by molar-refractivity contribution is 0.0385. The van der Waals surface area contributed by atoms with Gasteiger partial charge in [0, 0.05) is 32.7 Å². The second-order valence-electron chi connectivity index (χ2n) is 8.41. The van der Waals surface area contributed by atoms with Crippen LogP contribution in [0.2, 0.25) is 0 Å². The van der Waals surface area contributed by atoms with Gasteiger partial charge in [-0.25, -0.2) is 18.2 Å². The van der Waals surface area contributed by atoms with Crippen molar-refractivity contribution in [2.75, 3.05) is 45.9 Å². The summed E-state index contributed by atoms with van der Waals surface area (Å²) in [4.78, 5) is 19.3. The van der Waals surface area contributed by atoms with E-state index >= 15 is 0 Å². The third kappa shape index (κ3) is 6.09. The van der Waals surface area contributed by atoms with Crippen molar-refractivity contribution in [1.82, 2.24) is 19.6 Å². The molecular weight excluding hydrogens is 480 g/mol. The van der Waals surface area contributed by atoms with Crippen molar-refractivity contribution in [2.45, 2.75) is 17.7 Å². The molecule has 2 amide bonds. The van der Waals surface area contributed by atoms with Crippen molar-refractivity contribution < 1.29 is 17.9 Å². The molecule has 0 unspecified atom stereocenters. The number of likely N-dealkylation sites (tertiary alicyclic amines) is 1. The van der Waals surface area contributed by atoms with Crippen LogP contribution in [-0.2, 0) is 14.8 Å². The van der Waals surface area contributed by atoms with E-state index in [0.717, 1.165) is 10.8 Å². The Labute approximate surface area is 205 Å². The molecule has 2 fully saturated rings. The summed E-state index contributed by atoms with van der Waals surface area (Å²) in [6.07, 6.45) is 1.42. The van der Waals surface area contributed by atoms with Crippen LogP contribution in [0.4, 0.5) is 4.79 Å². The van der Waals surface area contributed by atoms with E-state index in [1.54, 1.807) is 28.0 Å². The number of guanidine groups is 1. The first-order chi connectivity index (χ1) is 15.8. The van der Waals surface area contributed by atoms with E-state index in [2.05, 4.69) is 4.83 Å². The van der Waals surface area contributed by atoms with E-state index in [9.17, 15) is 13.2 Å². The number of hydrazine groups is 1. The topological polar surface area (TPSA) is 132 Å². The quantitative estimate of drug-likeness (QED) is 0.319. The number of ether oxygens (including phenoxy) is 1. The molecule has 2 aromatic carbocycles. The number of nitrogens with one attached hydrogen (secondary N) is 2. The highest BCUT2D eigenvalue weighted by Gasteiger charge is 2.31. The average molecular weight is 511 g/mol. The normalized spacial score (nSPS) is 17.3. The zero-order valence-electron chi connectivity index (χ0n) is 18.9. The Kier molecular flexibility index (Phi) is 8.58. The van der Waals surface area contributed by atoms with Gasteiger partial charge < -0.3 is 20.3 Å². The van der Waals surface area contributed by atoms with Gasteiger partial charge in [-0.1, -0.05) is 30.3 Å². The molecule has 186 valence electrons. The second-order valence-corrected chi connectivity index (χ2v) is 10.1. The Morgan fingerprint density at radius 3 is 2.35 bits per heavy atom. The monoisotopic (exact) mass is 510 g/mol. The number of sulfonamides is 1. The first-order valence-electron chi connectivity index (χ1n) is 11.1. The first-order valence-corrected chi connectivity index (χ1v) is 12.6. The lowest BCUT2D eigenvalue weighted by atomic mass is 9.97. The van der Waals surface area contributed by atoms with Crippen LogP contribution in [0.15, 0.2) is 47.4 Å². The van der Waals surface area contributed by atoms with Crippen LogP contribution in [0.5, 0.6) is 0 Å². The third-order valence-electron chi connectivity index (χ3n) is 6.17. The lowest BCUT2D eigenvalue weighted by Gasteiger charge is -2.37. The van der Waals surface area contributed by atoms with E-state index in [-0.39, 0.29) is 41.8 Å². The summed E-state index contributed by atoms with van der Waals surface area (Å²) in [5.74, 6) is 0.122. The molecule has 2 aliphatic rings. The van der Waals surface area contributed by atoms with Crippen molar-refractivity contribution in [3.05, 3.63) is 42.5 Å². The van der Waals surface area contributed by atoms with Crippen LogP contribution in [0.1, 0.15) is 12.8 Å². The van der Waals surface area contributed by atoms with Crippen molar-refractivity contribution in [2.24, 2.45) is 11.7 Å². The largest absolute Gasteiger partial charge is 0.378 e. The zero-order valence-corrected chi connectivity index (χ0v) is 20.5. The SMILES string of the molecule is Cl.N=C(N)N1CCC(CN(NS(=O)(=O)c2ccc3ccccc3c2)C(=O)N2CCOCC2)CC1. The van der Waals surface area contributed by atoms with Gasteiger partial charge in [0.15, 0.2) is 5.96 Å². The second kappa shape index (κ2) is 11.2.